The van der Waals surface area contributed by atoms with E-state index in [0.717, 1.165) is 13.0 Å². The van der Waals surface area contributed by atoms with Gasteiger partial charge < -0.3 is 24.8 Å². The summed E-state index contributed by atoms with van der Waals surface area (Å²) in [7, 11) is 0. The van der Waals surface area contributed by atoms with E-state index in [4.69, 9.17) is 14.2 Å². The van der Waals surface area contributed by atoms with Crippen LogP contribution in [-0.4, -0.2) is 63.2 Å². The van der Waals surface area contributed by atoms with Crippen LogP contribution in [0.25, 0.3) is 0 Å². The molecule has 0 aliphatic carbocycles. The van der Waals surface area contributed by atoms with Crippen molar-refractivity contribution in [2.75, 3.05) is 33.0 Å². The molecule has 0 aromatic heterocycles. The van der Waals surface area contributed by atoms with Crippen LogP contribution in [0.3, 0.4) is 0 Å². The van der Waals surface area contributed by atoms with Crippen LogP contribution in [0.4, 0.5) is 0 Å². The maximum Gasteiger partial charge on any atom is 0.240 e. The molecule has 2 saturated heterocycles. The second-order valence-corrected chi connectivity index (χ2v) is 5.24. The fourth-order valence-corrected chi connectivity index (χ4v) is 2.33. The molecular formula is C13H24N2O4. The maximum absolute atomic E-state index is 12.1. The molecule has 0 bridgehead atoms. The van der Waals surface area contributed by atoms with Crippen LogP contribution in [0.2, 0.25) is 0 Å². The molecule has 6 heteroatoms. The summed E-state index contributed by atoms with van der Waals surface area (Å²) in [5.41, 5.74) is 0. The Kier molecular flexibility index (Phi) is 5.57. The van der Waals surface area contributed by atoms with Gasteiger partial charge in [0.2, 0.25) is 5.91 Å². The summed E-state index contributed by atoms with van der Waals surface area (Å²) in [4.78, 5) is 12.1. The molecule has 2 heterocycles. The SMILES string of the molecule is CC(COC1CCOC1)NC(=O)[C@H]1NCCO[C@@H]1C. The van der Waals surface area contributed by atoms with E-state index >= 15 is 0 Å². The van der Waals surface area contributed by atoms with Gasteiger partial charge in [-0.25, -0.2) is 0 Å². The Bertz CT molecular complexity index is 294. The van der Waals surface area contributed by atoms with Gasteiger partial charge >= 0.3 is 0 Å². The van der Waals surface area contributed by atoms with Gasteiger partial charge in [0, 0.05) is 19.2 Å². The molecule has 2 unspecified atom stereocenters. The van der Waals surface area contributed by atoms with E-state index in [1.165, 1.54) is 0 Å². The number of ether oxygens (including phenoxy) is 3. The minimum absolute atomic E-state index is 0.0102. The Balaban J connectivity index is 1.68. The van der Waals surface area contributed by atoms with Crippen LogP contribution in [0.15, 0.2) is 0 Å². The van der Waals surface area contributed by atoms with E-state index in [1.54, 1.807) is 0 Å². The monoisotopic (exact) mass is 272 g/mol. The molecule has 0 aromatic carbocycles. The summed E-state index contributed by atoms with van der Waals surface area (Å²) < 4.78 is 16.4. The van der Waals surface area contributed by atoms with Crippen LogP contribution in [0, 0.1) is 0 Å². The standard InChI is InChI=1S/C13H24N2O4/c1-9(7-19-11-3-5-17-8-11)15-13(16)12-10(2)18-6-4-14-12/h9-12,14H,3-8H2,1-2H3,(H,15,16)/t9?,10-,11?,12+/m1/s1. The minimum atomic E-state index is -0.272. The lowest BCUT2D eigenvalue weighted by atomic mass is 10.1. The van der Waals surface area contributed by atoms with Gasteiger partial charge in [0.1, 0.15) is 6.04 Å². The van der Waals surface area contributed by atoms with E-state index in [9.17, 15) is 4.79 Å². The number of hydrogen-bond acceptors (Lipinski definition) is 5. The van der Waals surface area contributed by atoms with Gasteiger partial charge in [-0.2, -0.15) is 0 Å². The smallest absolute Gasteiger partial charge is 0.240 e. The van der Waals surface area contributed by atoms with Crippen LogP contribution >= 0.6 is 0 Å². The number of morpholine rings is 1. The first-order valence-corrected chi connectivity index (χ1v) is 7.01. The largest absolute Gasteiger partial charge is 0.379 e. The summed E-state index contributed by atoms with van der Waals surface area (Å²) in [6, 6.07) is -0.282. The number of amides is 1. The summed E-state index contributed by atoms with van der Waals surface area (Å²) >= 11 is 0. The van der Waals surface area contributed by atoms with Crippen LogP contribution in [0.1, 0.15) is 20.3 Å². The summed E-state index contributed by atoms with van der Waals surface area (Å²) in [6.07, 6.45) is 1.02. The Labute approximate surface area is 114 Å². The van der Waals surface area contributed by atoms with Crippen molar-refractivity contribution in [3.8, 4) is 0 Å². The number of nitrogens with one attached hydrogen (secondary N) is 2. The lowest BCUT2D eigenvalue weighted by Gasteiger charge is -2.30. The number of hydrogen-bond donors (Lipinski definition) is 2. The molecule has 2 rings (SSSR count). The molecule has 0 saturated carbocycles. The third-order valence-electron chi connectivity index (χ3n) is 3.46. The Hall–Kier alpha value is -0.690. The van der Waals surface area contributed by atoms with Crippen LogP contribution in [0.5, 0.6) is 0 Å². The predicted octanol–water partition coefficient (Wildman–Crippen LogP) is -0.326. The van der Waals surface area contributed by atoms with E-state index in [-0.39, 0.29) is 30.2 Å². The van der Waals surface area contributed by atoms with Gasteiger partial charge in [-0.3, -0.25) is 4.79 Å². The van der Waals surface area contributed by atoms with Crippen molar-refractivity contribution in [1.29, 1.82) is 0 Å². The van der Waals surface area contributed by atoms with Gasteiger partial charge in [0.25, 0.3) is 0 Å². The number of rotatable bonds is 5. The molecule has 0 radical (unpaired) electrons. The van der Waals surface area contributed by atoms with Crippen molar-refractivity contribution < 1.29 is 19.0 Å². The average Bonchev–Trinajstić information content (AvgIpc) is 2.90. The number of carbonyl (C=O) groups excluding carboxylic acids is 1. The molecule has 2 fully saturated rings. The quantitative estimate of drug-likeness (QED) is 0.717. The Morgan fingerprint density at radius 1 is 1.53 bits per heavy atom. The van der Waals surface area contributed by atoms with Crippen molar-refractivity contribution in [1.82, 2.24) is 10.6 Å². The predicted molar refractivity (Wildman–Crippen MR) is 70.0 cm³/mol. The highest BCUT2D eigenvalue weighted by molar-refractivity contribution is 5.82. The number of carbonyl (C=O) groups is 1. The highest BCUT2D eigenvalue weighted by Crippen LogP contribution is 2.09. The van der Waals surface area contributed by atoms with Gasteiger partial charge in [-0.1, -0.05) is 0 Å². The summed E-state index contributed by atoms with van der Waals surface area (Å²) in [5, 5.41) is 6.13. The molecule has 2 aliphatic rings. The van der Waals surface area contributed by atoms with Crippen molar-refractivity contribution in [3.05, 3.63) is 0 Å². The highest BCUT2D eigenvalue weighted by Gasteiger charge is 2.29. The molecule has 6 nitrogen and oxygen atoms in total. The molecule has 2 aliphatic heterocycles. The van der Waals surface area contributed by atoms with E-state index in [0.29, 0.717) is 26.4 Å². The molecule has 0 aromatic rings. The Morgan fingerprint density at radius 3 is 3.05 bits per heavy atom. The molecule has 19 heavy (non-hydrogen) atoms. The van der Waals surface area contributed by atoms with E-state index < -0.39 is 0 Å². The second-order valence-electron chi connectivity index (χ2n) is 5.24. The molecular weight excluding hydrogens is 248 g/mol. The van der Waals surface area contributed by atoms with Crippen molar-refractivity contribution >= 4 is 5.91 Å². The lowest BCUT2D eigenvalue weighted by molar-refractivity contribution is -0.130. The molecule has 1 amide bonds. The third kappa shape index (κ3) is 4.42. The van der Waals surface area contributed by atoms with Gasteiger partial charge in [0.15, 0.2) is 0 Å². The summed E-state index contributed by atoms with van der Waals surface area (Å²) in [6.45, 7) is 7.18. The minimum Gasteiger partial charge on any atom is -0.379 e. The lowest BCUT2D eigenvalue weighted by Crippen LogP contribution is -2.57. The van der Waals surface area contributed by atoms with Crippen molar-refractivity contribution in [2.24, 2.45) is 0 Å². The summed E-state index contributed by atoms with van der Waals surface area (Å²) in [5.74, 6) is -0.0222. The third-order valence-corrected chi connectivity index (χ3v) is 3.46. The molecule has 0 spiro atoms. The van der Waals surface area contributed by atoms with Gasteiger partial charge in [-0.05, 0) is 20.3 Å². The van der Waals surface area contributed by atoms with Crippen molar-refractivity contribution in [3.63, 3.8) is 0 Å². The van der Waals surface area contributed by atoms with Crippen LogP contribution < -0.4 is 10.6 Å². The maximum atomic E-state index is 12.1. The first-order valence-electron chi connectivity index (χ1n) is 7.01. The highest BCUT2D eigenvalue weighted by atomic mass is 16.5. The van der Waals surface area contributed by atoms with E-state index in [2.05, 4.69) is 10.6 Å². The second kappa shape index (κ2) is 7.19. The molecule has 4 atom stereocenters. The fraction of sp³-hybridized carbons (Fsp3) is 0.923. The normalized spacial score (nSPS) is 33.1. The van der Waals surface area contributed by atoms with Gasteiger partial charge in [0.05, 0.1) is 32.0 Å². The zero-order valence-electron chi connectivity index (χ0n) is 11.7. The van der Waals surface area contributed by atoms with Crippen LogP contribution in [-0.2, 0) is 19.0 Å². The van der Waals surface area contributed by atoms with E-state index in [1.807, 2.05) is 13.8 Å². The average molecular weight is 272 g/mol. The first kappa shape index (κ1) is 14.7. The zero-order chi connectivity index (χ0) is 13.7. The Morgan fingerprint density at radius 2 is 2.37 bits per heavy atom. The van der Waals surface area contributed by atoms with Crippen molar-refractivity contribution in [2.45, 2.75) is 44.6 Å². The van der Waals surface area contributed by atoms with Gasteiger partial charge in [-0.15, -0.1) is 0 Å². The first-order chi connectivity index (χ1) is 9.16. The zero-order valence-corrected chi connectivity index (χ0v) is 11.7. The molecule has 2 N–H and O–H groups in total. The fourth-order valence-electron chi connectivity index (χ4n) is 2.33. The topological polar surface area (TPSA) is 68.8 Å². The molecule has 110 valence electrons.